The average Bonchev–Trinajstić information content (AvgIpc) is 2.93. The number of hydrogen-bond acceptors (Lipinski definition) is 4. The zero-order valence-electron chi connectivity index (χ0n) is 29.2. The Morgan fingerprint density at radius 2 is 0.795 bits per heavy atom. The zero-order chi connectivity index (χ0) is 33.5. The molecule has 2 aromatic rings. The molecule has 6 nitrogen and oxygen atoms in total. The maximum Gasteiger partial charge on any atom is 0.469 e. The number of unbranched alkanes of at least 4 members (excludes halogenated alkanes) is 10. The molecule has 7 heteroatoms. The SMILES string of the molecule is CC(C)(C)CCCCCCCCc1ccc(N)cc1.CC(C)(C)CCCCCCCCc1ccc(N)cc1.COP(=O)(O)O. The zero-order valence-corrected chi connectivity index (χ0v) is 30.1. The van der Waals surface area contributed by atoms with Crippen LogP contribution in [0.1, 0.15) is 143 Å². The predicted octanol–water partition coefficient (Wildman–Crippen LogP) is 10.9. The standard InChI is InChI=1S/2C18H31N.CH5O4P/c2*1-18(2,3)15-9-7-5-4-6-8-10-16-11-13-17(19)14-12-16;1-5-6(2,3)4/h2*11-14H,4-10,15,19H2,1-3H3;1H3,(H2,2,3,4). The van der Waals surface area contributed by atoms with Crippen LogP contribution in [-0.2, 0) is 21.9 Å². The van der Waals surface area contributed by atoms with Gasteiger partial charge in [0.15, 0.2) is 0 Å². The Hall–Kier alpha value is -1.85. The summed E-state index contributed by atoms with van der Waals surface area (Å²) in [4.78, 5) is 15.4. The van der Waals surface area contributed by atoms with E-state index in [4.69, 9.17) is 21.3 Å². The summed E-state index contributed by atoms with van der Waals surface area (Å²) in [5.41, 5.74) is 16.9. The third-order valence-electron chi connectivity index (χ3n) is 7.48. The van der Waals surface area contributed by atoms with Crippen LogP contribution in [0.25, 0.3) is 0 Å². The summed E-state index contributed by atoms with van der Waals surface area (Å²) in [5.74, 6) is 0. The molecule has 0 unspecified atom stereocenters. The number of nitrogens with two attached hydrogens (primary N) is 2. The second-order valence-electron chi connectivity index (χ2n) is 14.5. The fraction of sp³-hybridized carbons (Fsp3) is 0.676. The van der Waals surface area contributed by atoms with Crippen LogP contribution < -0.4 is 11.5 Å². The highest BCUT2D eigenvalue weighted by atomic mass is 31.2. The lowest BCUT2D eigenvalue weighted by molar-refractivity contribution is 0.235. The fourth-order valence-corrected chi connectivity index (χ4v) is 4.75. The van der Waals surface area contributed by atoms with Gasteiger partial charge in [0.1, 0.15) is 0 Å². The fourth-order valence-electron chi connectivity index (χ4n) is 4.75. The second kappa shape index (κ2) is 23.5. The van der Waals surface area contributed by atoms with Crippen LogP contribution in [-0.4, -0.2) is 16.9 Å². The Kier molecular flexibility index (Phi) is 22.5. The van der Waals surface area contributed by atoms with E-state index in [0.29, 0.717) is 10.8 Å². The number of anilines is 2. The molecule has 2 rings (SSSR count). The number of rotatable bonds is 17. The van der Waals surface area contributed by atoms with Gasteiger partial charge in [-0.3, -0.25) is 4.52 Å². The molecular weight excluding hydrogens is 567 g/mol. The van der Waals surface area contributed by atoms with Gasteiger partial charge in [0.2, 0.25) is 0 Å². The Labute approximate surface area is 271 Å². The Morgan fingerprint density at radius 1 is 0.545 bits per heavy atom. The van der Waals surface area contributed by atoms with Gasteiger partial charge in [0.05, 0.1) is 0 Å². The molecule has 0 radical (unpaired) electrons. The molecule has 0 atom stereocenters. The number of aryl methyl sites for hydroxylation is 2. The van der Waals surface area contributed by atoms with Gasteiger partial charge in [0.25, 0.3) is 0 Å². The smallest absolute Gasteiger partial charge is 0.399 e. The quantitative estimate of drug-likeness (QED) is 0.0781. The largest absolute Gasteiger partial charge is 0.469 e. The highest BCUT2D eigenvalue weighted by Gasteiger charge is 2.09. The van der Waals surface area contributed by atoms with Crippen LogP contribution in [0.15, 0.2) is 48.5 Å². The molecule has 0 amide bonds. The van der Waals surface area contributed by atoms with Gasteiger partial charge in [0, 0.05) is 18.5 Å². The summed E-state index contributed by atoms with van der Waals surface area (Å²) >= 11 is 0. The Balaban J connectivity index is 0.000000710. The molecule has 2 aromatic carbocycles. The summed E-state index contributed by atoms with van der Waals surface area (Å²) in [6, 6.07) is 16.6. The monoisotopic (exact) mass is 634 g/mol. The maximum absolute atomic E-state index is 9.47. The van der Waals surface area contributed by atoms with Crippen LogP contribution in [0.4, 0.5) is 11.4 Å². The van der Waals surface area contributed by atoms with Crippen molar-refractivity contribution in [3.8, 4) is 0 Å². The van der Waals surface area contributed by atoms with Crippen molar-refractivity contribution in [3.05, 3.63) is 59.7 Å². The van der Waals surface area contributed by atoms with Crippen molar-refractivity contribution in [2.45, 2.75) is 144 Å². The molecule has 0 bridgehead atoms. The van der Waals surface area contributed by atoms with Crippen molar-refractivity contribution in [2.75, 3.05) is 18.6 Å². The van der Waals surface area contributed by atoms with Crippen LogP contribution >= 0.6 is 7.82 Å². The van der Waals surface area contributed by atoms with Gasteiger partial charge < -0.3 is 21.3 Å². The highest BCUT2D eigenvalue weighted by Crippen LogP contribution is 2.33. The number of phosphoric ester groups is 1. The van der Waals surface area contributed by atoms with Crippen molar-refractivity contribution in [1.29, 1.82) is 0 Å². The first-order valence-electron chi connectivity index (χ1n) is 16.8. The maximum atomic E-state index is 9.47. The van der Waals surface area contributed by atoms with E-state index >= 15 is 0 Å². The summed E-state index contributed by atoms with van der Waals surface area (Å²) in [6.45, 7) is 14.0. The van der Waals surface area contributed by atoms with E-state index in [1.54, 1.807) is 0 Å². The van der Waals surface area contributed by atoms with Crippen molar-refractivity contribution in [3.63, 3.8) is 0 Å². The van der Waals surface area contributed by atoms with Gasteiger partial charge in [-0.05, 0) is 84.7 Å². The van der Waals surface area contributed by atoms with Gasteiger partial charge >= 0.3 is 7.82 Å². The lowest BCUT2D eigenvalue weighted by Crippen LogP contribution is -2.03. The molecule has 0 aliphatic heterocycles. The van der Waals surface area contributed by atoms with E-state index in [9.17, 15) is 4.57 Å². The molecule has 0 aromatic heterocycles. The molecule has 0 fully saturated rings. The molecule has 6 N–H and O–H groups in total. The van der Waals surface area contributed by atoms with Crippen molar-refractivity contribution < 1.29 is 18.9 Å². The molecule has 254 valence electrons. The average molecular weight is 635 g/mol. The van der Waals surface area contributed by atoms with Gasteiger partial charge in [-0.25, -0.2) is 4.57 Å². The first-order valence-corrected chi connectivity index (χ1v) is 18.3. The van der Waals surface area contributed by atoms with E-state index < -0.39 is 7.82 Å². The molecule has 0 saturated heterocycles. The third kappa shape index (κ3) is 30.2. The summed E-state index contributed by atoms with van der Waals surface area (Å²) in [5, 5.41) is 0. The number of phosphoric acid groups is 1. The van der Waals surface area contributed by atoms with E-state index in [0.717, 1.165) is 18.5 Å². The molecule has 0 spiro atoms. The van der Waals surface area contributed by atoms with Crippen LogP contribution in [0.2, 0.25) is 0 Å². The predicted molar refractivity (Wildman–Crippen MR) is 192 cm³/mol. The highest BCUT2D eigenvalue weighted by molar-refractivity contribution is 7.46. The normalized spacial score (nSPS) is 11.8. The van der Waals surface area contributed by atoms with Crippen molar-refractivity contribution in [2.24, 2.45) is 10.8 Å². The Bertz CT molecular complexity index is 919. The van der Waals surface area contributed by atoms with Crippen LogP contribution in [0.3, 0.4) is 0 Å². The lowest BCUT2D eigenvalue weighted by Gasteiger charge is -2.17. The first kappa shape index (κ1) is 42.1. The second-order valence-corrected chi connectivity index (χ2v) is 15.9. The Morgan fingerprint density at radius 3 is 1.05 bits per heavy atom. The van der Waals surface area contributed by atoms with Gasteiger partial charge in [-0.1, -0.05) is 130 Å². The van der Waals surface area contributed by atoms with E-state index in [1.165, 1.54) is 114 Å². The first-order chi connectivity index (χ1) is 20.5. The molecule has 0 saturated carbocycles. The van der Waals surface area contributed by atoms with Crippen molar-refractivity contribution >= 4 is 19.2 Å². The van der Waals surface area contributed by atoms with Crippen LogP contribution in [0.5, 0.6) is 0 Å². The summed E-state index contributed by atoms with van der Waals surface area (Å²) in [6.07, 6.45) is 21.6. The number of hydrogen-bond donors (Lipinski definition) is 4. The number of benzene rings is 2. The lowest BCUT2D eigenvalue weighted by atomic mass is 9.89. The minimum atomic E-state index is -4.15. The van der Waals surface area contributed by atoms with E-state index in [2.05, 4.69) is 70.3 Å². The molecular formula is C37H67N2O4P. The minimum absolute atomic E-state index is 0.509. The molecule has 0 aliphatic carbocycles. The summed E-state index contributed by atoms with van der Waals surface area (Å²) < 4.78 is 13.1. The van der Waals surface area contributed by atoms with Crippen LogP contribution in [0, 0.1) is 10.8 Å². The number of nitrogen functional groups attached to an aromatic ring is 2. The van der Waals surface area contributed by atoms with Gasteiger partial charge in [-0.2, -0.15) is 0 Å². The van der Waals surface area contributed by atoms with E-state index in [-0.39, 0.29) is 0 Å². The summed E-state index contributed by atoms with van der Waals surface area (Å²) in [7, 11) is -3.20. The third-order valence-corrected chi connectivity index (χ3v) is 7.96. The molecule has 44 heavy (non-hydrogen) atoms. The van der Waals surface area contributed by atoms with E-state index in [1.807, 2.05) is 24.3 Å². The molecule has 0 aliphatic rings. The van der Waals surface area contributed by atoms with Gasteiger partial charge in [-0.15, -0.1) is 0 Å². The topological polar surface area (TPSA) is 119 Å². The molecule has 0 heterocycles. The van der Waals surface area contributed by atoms with Crippen molar-refractivity contribution in [1.82, 2.24) is 0 Å². The minimum Gasteiger partial charge on any atom is -0.399 e.